The van der Waals surface area contributed by atoms with E-state index in [1.807, 2.05) is 30.3 Å². The minimum atomic E-state index is -3.37. The topological polar surface area (TPSA) is 46.2 Å². The Balaban J connectivity index is 1.94. The van der Waals surface area contributed by atoms with Crippen LogP contribution in [0.15, 0.2) is 42.2 Å². The number of nitrogens with one attached hydrogen (secondary N) is 1. The van der Waals surface area contributed by atoms with E-state index in [4.69, 9.17) is 0 Å². The zero-order chi connectivity index (χ0) is 14.4. The summed E-state index contributed by atoms with van der Waals surface area (Å²) in [5, 5.41) is 2.71. The smallest absolute Gasteiger partial charge is 0.159 e. The summed E-state index contributed by atoms with van der Waals surface area (Å²) >= 11 is 0. The SMILES string of the molecule is O=S(=O)(CC(F)=CCc1ccccc1)C1CCNCC1. The number of hydrogen-bond acceptors (Lipinski definition) is 3. The Morgan fingerprint density at radius 3 is 2.55 bits per heavy atom. The lowest BCUT2D eigenvalue weighted by Crippen LogP contribution is -2.36. The third-order valence-electron chi connectivity index (χ3n) is 3.54. The Bertz CT molecular complexity index is 548. The van der Waals surface area contributed by atoms with Crippen LogP contribution >= 0.6 is 0 Å². The number of rotatable bonds is 5. The van der Waals surface area contributed by atoms with Gasteiger partial charge < -0.3 is 5.32 Å². The van der Waals surface area contributed by atoms with Crippen LogP contribution in [0.25, 0.3) is 0 Å². The molecule has 0 aromatic heterocycles. The maximum Gasteiger partial charge on any atom is 0.159 e. The second kappa shape index (κ2) is 6.99. The molecule has 2 rings (SSSR count). The van der Waals surface area contributed by atoms with Gasteiger partial charge in [-0.05, 0) is 44.0 Å². The average Bonchev–Trinajstić information content (AvgIpc) is 2.47. The van der Waals surface area contributed by atoms with Gasteiger partial charge in [0.1, 0.15) is 11.6 Å². The Morgan fingerprint density at radius 2 is 1.90 bits per heavy atom. The van der Waals surface area contributed by atoms with Crippen molar-refractivity contribution in [2.75, 3.05) is 18.8 Å². The molecule has 1 aliphatic heterocycles. The van der Waals surface area contributed by atoms with E-state index in [9.17, 15) is 12.8 Å². The van der Waals surface area contributed by atoms with Gasteiger partial charge in [0.15, 0.2) is 9.84 Å². The number of piperidine rings is 1. The Hall–Kier alpha value is -1.20. The van der Waals surface area contributed by atoms with E-state index in [2.05, 4.69) is 5.32 Å². The molecule has 1 aromatic rings. The fourth-order valence-corrected chi connectivity index (χ4v) is 4.06. The lowest BCUT2D eigenvalue weighted by atomic mass is 10.1. The molecule has 3 nitrogen and oxygen atoms in total. The van der Waals surface area contributed by atoms with E-state index in [0.717, 1.165) is 5.56 Å². The van der Waals surface area contributed by atoms with Crippen molar-refractivity contribution >= 4 is 9.84 Å². The summed E-state index contributed by atoms with van der Waals surface area (Å²) in [4.78, 5) is 0. The van der Waals surface area contributed by atoms with Gasteiger partial charge in [-0.15, -0.1) is 0 Å². The summed E-state index contributed by atoms with van der Waals surface area (Å²) < 4.78 is 38.0. The van der Waals surface area contributed by atoms with Crippen LogP contribution in [0, 0.1) is 0 Å². The molecule has 1 fully saturated rings. The van der Waals surface area contributed by atoms with Crippen molar-refractivity contribution in [2.24, 2.45) is 0 Å². The number of allylic oxidation sites excluding steroid dienone is 1. The number of hydrogen-bond donors (Lipinski definition) is 1. The quantitative estimate of drug-likeness (QED) is 0.906. The van der Waals surface area contributed by atoms with Crippen LogP contribution in [0.3, 0.4) is 0 Å². The van der Waals surface area contributed by atoms with E-state index in [0.29, 0.717) is 32.4 Å². The van der Waals surface area contributed by atoms with Crippen molar-refractivity contribution in [1.82, 2.24) is 5.32 Å². The van der Waals surface area contributed by atoms with Crippen LogP contribution in [-0.2, 0) is 16.3 Å². The van der Waals surface area contributed by atoms with E-state index in [1.165, 1.54) is 6.08 Å². The molecule has 0 spiro atoms. The summed E-state index contributed by atoms with van der Waals surface area (Å²) in [6, 6.07) is 9.45. The number of halogens is 1. The van der Waals surface area contributed by atoms with Gasteiger partial charge in [-0.25, -0.2) is 12.8 Å². The lowest BCUT2D eigenvalue weighted by molar-refractivity contribution is 0.494. The molecule has 0 radical (unpaired) electrons. The first-order valence-electron chi connectivity index (χ1n) is 6.89. The molecule has 0 unspecified atom stereocenters. The Morgan fingerprint density at radius 1 is 1.25 bits per heavy atom. The highest BCUT2D eigenvalue weighted by molar-refractivity contribution is 7.92. The van der Waals surface area contributed by atoms with Gasteiger partial charge in [-0.2, -0.15) is 0 Å². The molecule has 1 N–H and O–H groups in total. The van der Waals surface area contributed by atoms with Crippen molar-refractivity contribution in [2.45, 2.75) is 24.5 Å². The predicted molar refractivity (Wildman–Crippen MR) is 79.0 cm³/mol. The standard InChI is InChI=1S/C15H20FNO2S/c16-14(7-6-13-4-2-1-3-5-13)12-20(18,19)15-8-10-17-11-9-15/h1-5,7,15,17H,6,8-12H2. The second-order valence-electron chi connectivity index (χ2n) is 5.10. The molecule has 110 valence electrons. The highest BCUT2D eigenvalue weighted by Crippen LogP contribution is 2.17. The van der Waals surface area contributed by atoms with Gasteiger partial charge in [0.05, 0.1) is 5.25 Å². The summed E-state index contributed by atoms with van der Waals surface area (Å²) in [5.41, 5.74) is 0.974. The summed E-state index contributed by atoms with van der Waals surface area (Å²) in [6.07, 6.45) is 2.95. The van der Waals surface area contributed by atoms with Gasteiger partial charge >= 0.3 is 0 Å². The average molecular weight is 297 g/mol. The first kappa shape index (κ1) is 15.2. The monoisotopic (exact) mass is 297 g/mol. The minimum absolute atomic E-state index is 0.403. The molecule has 1 heterocycles. The fourth-order valence-electron chi connectivity index (χ4n) is 2.37. The van der Waals surface area contributed by atoms with Crippen molar-refractivity contribution in [3.05, 3.63) is 47.8 Å². The maximum atomic E-state index is 13.8. The lowest BCUT2D eigenvalue weighted by Gasteiger charge is -2.22. The molecule has 0 bridgehead atoms. The highest BCUT2D eigenvalue weighted by atomic mass is 32.2. The van der Waals surface area contributed by atoms with Crippen LogP contribution in [0.4, 0.5) is 4.39 Å². The van der Waals surface area contributed by atoms with Crippen molar-refractivity contribution in [3.8, 4) is 0 Å². The molecule has 1 aliphatic rings. The van der Waals surface area contributed by atoms with Gasteiger partial charge in [-0.1, -0.05) is 30.3 Å². The molecule has 1 aromatic carbocycles. The predicted octanol–water partition coefficient (Wildman–Crippen LogP) is 2.25. The molecule has 0 amide bonds. The van der Waals surface area contributed by atoms with Gasteiger partial charge in [0, 0.05) is 0 Å². The second-order valence-corrected chi connectivity index (χ2v) is 7.38. The van der Waals surface area contributed by atoms with E-state index < -0.39 is 26.7 Å². The molecule has 1 saturated heterocycles. The fraction of sp³-hybridized carbons (Fsp3) is 0.467. The molecule has 0 atom stereocenters. The van der Waals surface area contributed by atoms with E-state index in [1.54, 1.807) is 0 Å². The summed E-state index contributed by atoms with van der Waals surface area (Å²) in [7, 11) is -3.37. The van der Waals surface area contributed by atoms with E-state index >= 15 is 0 Å². The van der Waals surface area contributed by atoms with Gasteiger partial charge in [-0.3, -0.25) is 0 Å². The molecule has 0 aliphatic carbocycles. The molecular weight excluding hydrogens is 277 g/mol. The Labute approximate surface area is 119 Å². The van der Waals surface area contributed by atoms with Crippen LogP contribution in [0.5, 0.6) is 0 Å². The van der Waals surface area contributed by atoms with Crippen LogP contribution in [-0.4, -0.2) is 32.5 Å². The number of sulfone groups is 1. The highest BCUT2D eigenvalue weighted by Gasteiger charge is 2.27. The zero-order valence-electron chi connectivity index (χ0n) is 11.4. The third kappa shape index (κ3) is 4.42. The minimum Gasteiger partial charge on any atom is -0.317 e. The van der Waals surface area contributed by atoms with Crippen LogP contribution in [0.1, 0.15) is 18.4 Å². The molecular formula is C15H20FNO2S. The third-order valence-corrected chi connectivity index (χ3v) is 5.70. The summed E-state index contributed by atoms with van der Waals surface area (Å²) in [5.74, 6) is -1.02. The number of benzene rings is 1. The van der Waals surface area contributed by atoms with Crippen molar-refractivity contribution in [3.63, 3.8) is 0 Å². The first-order valence-corrected chi connectivity index (χ1v) is 8.60. The van der Waals surface area contributed by atoms with Crippen LogP contribution in [0.2, 0.25) is 0 Å². The van der Waals surface area contributed by atoms with Crippen LogP contribution < -0.4 is 5.32 Å². The molecule has 20 heavy (non-hydrogen) atoms. The normalized spacial score (nSPS) is 18.1. The molecule has 0 saturated carbocycles. The summed E-state index contributed by atoms with van der Waals surface area (Å²) in [6.45, 7) is 1.39. The Kier molecular flexibility index (Phi) is 5.31. The van der Waals surface area contributed by atoms with Crippen molar-refractivity contribution < 1.29 is 12.8 Å². The van der Waals surface area contributed by atoms with Crippen molar-refractivity contribution in [1.29, 1.82) is 0 Å². The van der Waals surface area contributed by atoms with E-state index in [-0.39, 0.29) is 0 Å². The first-order chi connectivity index (χ1) is 9.58. The maximum absolute atomic E-state index is 13.8. The molecule has 5 heteroatoms. The van der Waals surface area contributed by atoms with Gasteiger partial charge in [0.2, 0.25) is 0 Å². The van der Waals surface area contributed by atoms with Gasteiger partial charge in [0.25, 0.3) is 0 Å². The largest absolute Gasteiger partial charge is 0.317 e. The zero-order valence-corrected chi connectivity index (χ0v) is 12.2.